The van der Waals surface area contributed by atoms with Crippen LogP contribution in [0.25, 0.3) is 33.1 Å². The maximum atomic E-state index is 13.1. The van der Waals surface area contributed by atoms with E-state index in [1.54, 1.807) is 6.07 Å². The summed E-state index contributed by atoms with van der Waals surface area (Å²) in [5, 5.41) is 1.72. The van der Waals surface area contributed by atoms with E-state index in [2.05, 4.69) is 9.97 Å². The number of carbonyl (C=O) groups is 2. The van der Waals surface area contributed by atoms with Crippen molar-refractivity contribution < 1.29 is 14.3 Å². The molecule has 0 bridgehead atoms. The van der Waals surface area contributed by atoms with Crippen LogP contribution in [0.5, 0.6) is 0 Å². The summed E-state index contributed by atoms with van der Waals surface area (Å²) in [6.07, 6.45) is 0. The summed E-state index contributed by atoms with van der Waals surface area (Å²) in [6, 6.07) is 26.6. The minimum absolute atomic E-state index is 0.254. The zero-order valence-electron chi connectivity index (χ0n) is 16.0. The van der Waals surface area contributed by atoms with Gasteiger partial charge in [-0.25, -0.2) is 4.79 Å². The predicted molar refractivity (Wildman–Crippen MR) is 117 cm³/mol. The summed E-state index contributed by atoms with van der Waals surface area (Å²) in [4.78, 5) is 32.0. The van der Waals surface area contributed by atoms with Gasteiger partial charge < -0.3 is 14.7 Å². The standard InChI is InChI=1S/C25H18N2O3/c28-22(15-30-25(29)21-14-17-10-4-6-12-19(17)26-21)23-18-11-5-7-13-20(18)27-24(23)16-8-2-1-3-9-16/h1-14,26-27H,15H2. The van der Waals surface area contributed by atoms with Crippen LogP contribution in [0.1, 0.15) is 20.8 Å². The van der Waals surface area contributed by atoms with Gasteiger partial charge in [-0.3, -0.25) is 4.79 Å². The van der Waals surface area contributed by atoms with E-state index in [1.807, 2.05) is 78.9 Å². The number of fused-ring (bicyclic) bond motifs is 2. The fraction of sp³-hybridized carbons (Fsp3) is 0.0400. The van der Waals surface area contributed by atoms with Gasteiger partial charge in [-0.2, -0.15) is 0 Å². The molecule has 0 atom stereocenters. The average Bonchev–Trinajstić information content (AvgIpc) is 3.39. The third-order valence-electron chi connectivity index (χ3n) is 5.13. The van der Waals surface area contributed by atoms with Crippen LogP contribution in [-0.4, -0.2) is 28.3 Å². The molecular weight excluding hydrogens is 376 g/mol. The van der Waals surface area contributed by atoms with E-state index >= 15 is 0 Å². The number of benzene rings is 3. The van der Waals surface area contributed by atoms with Crippen molar-refractivity contribution in [1.82, 2.24) is 9.97 Å². The lowest BCUT2D eigenvalue weighted by Gasteiger charge is -2.06. The van der Waals surface area contributed by atoms with Crippen LogP contribution in [0, 0.1) is 0 Å². The lowest BCUT2D eigenvalue weighted by atomic mass is 10.0. The SMILES string of the molecule is O=C(OCC(=O)c1c(-c2ccccc2)[nH]c2ccccc12)c1cc2ccccc2[nH]1. The van der Waals surface area contributed by atoms with Gasteiger partial charge >= 0.3 is 5.97 Å². The smallest absolute Gasteiger partial charge is 0.355 e. The second-order valence-electron chi connectivity index (χ2n) is 7.06. The first-order valence-corrected chi connectivity index (χ1v) is 9.65. The van der Waals surface area contributed by atoms with E-state index in [0.717, 1.165) is 33.1 Å². The van der Waals surface area contributed by atoms with Crippen LogP contribution in [-0.2, 0) is 4.74 Å². The molecule has 0 aliphatic carbocycles. The molecular formula is C25H18N2O3. The summed E-state index contributed by atoms with van der Waals surface area (Å²) < 4.78 is 5.35. The Morgan fingerprint density at radius 1 is 0.767 bits per heavy atom. The summed E-state index contributed by atoms with van der Waals surface area (Å²) >= 11 is 0. The van der Waals surface area contributed by atoms with Gasteiger partial charge in [0.1, 0.15) is 5.69 Å². The fourth-order valence-electron chi connectivity index (χ4n) is 3.72. The van der Waals surface area contributed by atoms with E-state index in [1.165, 1.54) is 0 Å². The topological polar surface area (TPSA) is 75.0 Å². The molecule has 0 radical (unpaired) electrons. The molecule has 146 valence electrons. The van der Waals surface area contributed by atoms with E-state index < -0.39 is 5.97 Å². The number of ether oxygens (including phenoxy) is 1. The van der Waals surface area contributed by atoms with Crippen LogP contribution >= 0.6 is 0 Å². The van der Waals surface area contributed by atoms with Crippen molar-refractivity contribution in [3.05, 3.63) is 96.2 Å². The molecule has 3 aromatic carbocycles. The van der Waals surface area contributed by atoms with Crippen LogP contribution in [0.4, 0.5) is 0 Å². The van der Waals surface area contributed by atoms with Crippen LogP contribution in [0.3, 0.4) is 0 Å². The number of aromatic amines is 2. The normalized spacial score (nSPS) is 11.1. The lowest BCUT2D eigenvalue weighted by molar-refractivity contribution is 0.0470. The van der Waals surface area contributed by atoms with Gasteiger partial charge in [-0.15, -0.1) is 0 Å². The zero-order chi connectivity index (χ0) is 20.5. The van der Waals surface area contributed by atoms with Gasteiger partial charge in [0.05, 0.1) is 11.3 Å². The number of Topliss-reactive ketones (excluding diaryl/α,β-unsaturated/α-hetero) is 1. The Hall–Kier alpha value is -4.12. The summed E-state index contributed by atoms with van der Waals surface area (Å²) in [5.41, 5.74) is 4.19. The molecule has 0 aliphatic heterocycles. The Morgan fingerprint density at radius 3 is 2.27 bits per heavy atom. The van der Waals surface area contributed by atoms with Crippen LogP contribution < -0.4 is 0 Å². The second kappa shape index (κ2) is 7.37. The predicted octanol–water partition coefficient (Wildman–Crippen LogP) is 5.36. The Labute approximate surface area is 172 Å². The van der Waals surface area contributed by atoms with Crippen molar-refractivity contribution in [2.24, 2.45) is 0 Å². The van der Waals surface area contributed by atoms with Crippen LogP contribution in [0.2, 0.25) is 0 Å². The quantitative estimate of drug-likeness (QED) is 0.311. The van der Waals surface area contributed by atoms with E-state index in [-0.39, 0.29) is 12.4 Å². The van der Waals surface area contributed by atoms with Gasteiger partial charge in [-0.05, 0) is 23.8 Å². The highest BCUT2D eigenvalue weighted by molar-refractivity contribution is 6.14. The Bertz CT molecular complexity index is 1350. The van der Waals surface area contributed by atoms with E-state index in [9.17, 15) is 9.59 Å². The summed E-state index contributed by atoms with van der Waals surface area (Å²) in [5.74, 6) is -0.809. The molecule has 0 amide bonds. The molecule has 0 aliphatic rings. The highest BCUT2D eigenvalue weighted by Gasteiger charge is 2.21. The third kappa shape index (κ3) is 3.16. The van der Waals surface area contributed by atoms with Gasteiger partial charge in [0.2, 0.25) is 5.78 Å². The molecule has 5 aromatic rings. The number of rotatable bonds is 5. The number of esters is 1. The lowest BCUT2D eigenvalue weighted by Crippen LogP contribution is -2.15. The molecule has 5 heteroatoms. The molecule has 0 fully saturated rings. The van der Waals surface area contributed by atoms with Gasteiger partial charge in [0, 0.05) is 21.8 Å². The van der Waals surface area contributed by atoms with E-state index in [0.29, 0.717) is 11.3 Å². The molecule has 5 nitrogen and oxygen atoms in total. The Balaban J connectivity index is 1.44. The zero-order valence-corrected chi connectivity index (χ0v) is 16.0. The number of hydrogen-bond donors (Lipinski definition) is 2. The van der Waals surface area contributed by atoms with Crippen molar-refractivity contribution in [2.75, 3.05) is 6.61 Å². The summed E-state index contributed by atoms with van der Waals surface area (Å²) in [7, 11) is 0. The van der Waals surface area contributed by atoms with Gasteiger partial charge in [0.15, 0.2) is 6.61 Å². The fourth-order valence-corrected chi connectivity index (χ4v) is 3.72. The van der Waals surface area contributed by atoms with E-state index in [4.69, 9.17) is 4.74 Å². The maximum absolute atomic E-state index is 13.1. The Morgan fingerprint density at radius 2 is 1.47 bits per heavy atom. The van der Waals surface area contributed by atoms with Crippen molar-refractivity contribution >= 4 is 33.6 Å². The molecule has 30 heavy (non-hydrogen) atoms. The number of ketones is 1. The third-order valence-corrected chi connectivity index (χ3v) is 5.13. The molecule has 0 saturated heterocycles. The first-order chi connectivity index (χ1) is 14.7. The van der Waals surface area contributed by atoms with Crippen molar-refractivity contribution in [2.45, 2.75) is 0 Å². The number of carbonyl (C=O) groups excluding carboxylic acids is 2. The second-order valence-corrected chi connectivity index (χ2v) is 7.06. The van der Waals surface area contributed by atoms with Crippen LogP contribution in [0.15, 0.2) is 84.9 Å². The van der Waals surface area contributed by atoms with Crippen molar-refractivity contribution in [1.29, 1.82) is 0 Å². The maximum Gasteiger partial charge on any atom is 0.355 e. The first kappa shape index (κ1) is 17.9. The first-order valence-electron chi connectivity index (χ1n) is 9.65. The highest BCUT2D eigenvalue weighted by atomic mass is 16.5. The minimum Gasteiger partial charge on any atom is -0.453 e. The number of nitrogens with one attached hydrogen (secondary N) is 2. The Kier molecular flexibility index (Phi) is 4.41. The minimum atomic E-state index is -0.555. The largest absolute Gasteiger partial charge is 0.453 e. The molecule has 0 saturated carbocycles. The molecule has 0 unspecified atom stereocenters. The average molecular weight is 394 g/mol. The van der Waals surface area contributed by atoms with Crippen molar-refractivity contribution in [3.63, 3.8) is 0 Å². The highest BCUT2D eigenvalue weighted by Crippen LogP contribution is 2.30. The number of para-hydroxylation sites is 2. The molecule has 2 aromatic heterocycles. The monoisotopic (exact) mass is 394 g/mol. The summed E-state index contributed by atoms with van der Waals surface area (Å²) in [6.45, 7) is -0.337. The van der Waals surface area contributed by atoms with Gasteiger partial charge in [0.25, 0.3) is 0 Å². The number of aromatic nitrogens is 2. The molecule has 2 heterocycles. The number of H-pyrrole nitrogens is 2. The van der Waals surface area contributed by atoms with Gasteiger partial charge in [-0.1, -0.05) is 66.7 Å². The molecule has 5 rings (SSSR count). The molecule has 2 N–H and O–H groups in total. The molecule has 0 spiro atoms. The number of hydrogen-bond acceptors (Lipinski definition) is 3. The van der Waals surface area contributed by atoms with Crippen molar-refractivity contribution in [3.8, 4) is 11.3 Å².